The van der Waals surface area contributed by atoms with E-state index in [1.807, 2.05) is 11.8 Å². The molecule has 1 saturated heterocycles. The van der Waals surface area contributed by atoms with Crippen molar-refractivity contribution < 1.29 is 17.6 Å². The Kier molecular flexibility index (Phi) is 5.11. The van der Waals surface area contributed by atoms with Gasteiger partial charge in [-0.15, -0.1) is 0 Å². The molecular weight excluding hydrogens is 418 g/mol. The molecule has 1 atom stereocenters. The molecule has 3 aromatic heterocycles. The molecule has 32 heavy (non-hydrogen) atoms. The number of aromatic nitrogens is 3. The van der Waals surface area contributed by atoms with Gasteiger partial charge in [-0.25, -0.2) is 4.98 Å². The molecule has 0 aliphatic carbocycles. The monoisotopic (exact) mass is 438 g/mol. The zero-order valence-corrected chi connectivity index (χ0v) is 17.3. The third-order valence-corrected chi connectivity index (χ3v) is 5.79. The Balaban J connectivity index is 1.35. The number of hydrogen-bond donors (Lipinski definition) is 0. The minimum absolute atomic E-state index is 0.192. The fraction of sp³-hybridized carbons (Fsp3) is 0.318. The van der Waals surface area contributed by atoms with Gasteiger partial charge in [-0.1, -0.05) is 12.1 Å². The number of furan rings is 1. The van der Waals surface area contributed by atoms with Crippen molar-refractivity contribution in [1.29, 1.82) is 5.26 Å². The molecule has 164 valence electrons. The van der Waals surface area contributed by atoms with Gasteiger partial charge in [0.25, 0.3) is 5.89 Å². The first-order valence-electron chi connectivity index (χ1n) is 10.3. The van der Waals surface area contributed by atoms with Crippen LogP contribution in [0.5, 0.6) is 0 Å². The van der Waals surface area contributed by atoms with Crippen LogP contribution < -0.4 is 4.90 Å². The Labute approximate surface area is 182 Å². The second kappa shape index (κ2) is 8.09. The lowest BCUT2D eigenvalue weighted by Gasteiger charge is -2.37. The van der Waals surface area contributed by atoms with E-state index in [4.69, 9.17) is 8.83 Å². The molecule has 1 aromatic carbocycles. The van der Waals surface area contributed by atoms with Gasteiger partial charge >= 0.3 is 6.55 Å². The first-order valence-corrected chi connectivity index (χ1v) is 10.3. The third-order valence-electron chi connectivity index (χ3n) is 5.79. The number of rotatable bonds is 5. The summed E-state index contributed by atoms with van der Waals surface area (Å²) in [6.45, 7) is 1.51. The predicted octanol–water partition coefficient (Wildman–Crippen LogP) is 4.43. The third kappa shape index (κ3) is 3.40. The molecule has 0 amide bonds. The number of nitriles is 1. The number of alkyl halides is 2. The van der Waals surface area contributed by atoms with Crippen LogP contribution in [0.2, 0.25) is 0 Å². The Morgan fingerprint density at radius 3 is 2.53 bits per heavy atom. The minimum atomic E-state index is -2.67. The summed E-state index contributed by atoms with van der Waals surface area (Å²) in [6, 6.07) is 12.1. The molecule has 0 saturated carbocycles. The van der Waals surface area contributed by atoms with E-state index in [9.17, 15) is 14.0 Å². The Morgan fingerprint density at radius 2 is 1.84 bits per heavy atom. The van der Waals surface area contributed by atoms with E-state index in [0.717, 1.165) is 4.57 Å². The molecular formula is C22H20F2N6O2. The Morgan fingerprint density at radius 1 is 1.06 bits per heavy atom. The van der Waals surface area contributed by atoms with E-state index in [1.54, 1.807) is 36.4 Å². The SMILES string of the molecule is CC(c1nc2ccccc2n1C(F)F)N1CCN(c2oc(-c3ccco3)nc2C#N)CC1. The second-order valence-electron chi connectivity index (χ2n) is 7.57. The number of hydrogen-bond acceptors (Lipinski definition) is 7. The van der Waals surface area contributed by atoms with Gasteiger partial charge in [0.2, 0.25) is 11.6 Å². The summed E-state index contributed by atoms with van der Waals surface area (Å²) in [5, 5.41) is 9.48. The molecule has 1 aliphatic heterocycles. The van der Waals surface area contributed by atoms with Crippen molar-refractivity contribution in [1.82, 2.24) is 19.4 Å². The average Bonchev–Trinajstić information content (AvgIpc) is 3.56. The van der Waals surface area contributed by atoms with Gasteiger partial charge in [0, 0.05) is 26.2 Å². The highest BCUT2D eigenvalue weighted by atomic mass is 19.3. The molecule has 1 aliphatic rings. The highest BCUT2D eigenvalue weighted by Crippen LogP contribution is 2.32. The van der Waals surface area contributed by atoms with Gasteiger partial charge in [-0.2, -0.15) is 19.0 Å². The number of imidazole rings is 1. The van der Waals surface area contributed by atoms with Crippen LogP contribution in [-0.4, -0.2) is 45.6 Å². The number of oxazole rings is 1. The fourth-order valence-corrected chi connectivity index (χ4v) is 4.14. The Bertz CT molecular complexity index is 1270. The number of piperazine rings is 1. The summed E-state index contributed by atoms with van der Waals surface area (Å²) in [5.74, 6) is 1.44. The van der Waals surface area contributed by atoms with E-state index in [2.05, 4.69) is 20.9 Å². The van der Waals surface area contributed by atoms with E-state index in [1.165, 1.54) is 6.26 Å². The summed E-state index contributed by atoms with van der Waals surface area (Å²) < 4.78 is 39.8. The molecule has 0 spiro atoms. The summed E-state index contributed by atoms with van der Waals surface area (Å²) >= 11 is 0. The number of anilines is 1. The molecule has 8 nitrogen and oxygen atoms in total. The maximum Gasteiger partial charge on any atom is 0.320 e. The lowest BCUT2D eigenvalue weighted by atomic mass is 10.2. The fourth-order valence-electron chi connectivity index (χ4n) is 4.14. The molecule has 0 bridgehead atoms. The first-order chi connectivity index (χ1) is 15.6. The second-order valence-corrected chi connectivity index (χ2v) is 7.57. The van der Waals surface area contributed by atoms with Crippen LogP contribution in [0.4, 0.5) is 14.7 Å². The van der Waals surface area contributed by atoms with Crippen molar-refractivity contribution in [2.24, 2.45) is 0 Å². The standard InChI is InChI=1S/C22H20F2N6O2/c1-14(19-26-15-5-2-3-6-17(15)30(19)22(23)24)28-8-10-29(11-9-28)21-16(13-25)27-20(32-21)18-7-4-12-31-18/h2-7,12,14,22H,8-11H2,1H3. The van der Waals surface area contributed by atoms with Crippen molar-refractivity contribution >= 4 is 16.9 Å². The zero-order chi connectivity index (χ0) is 22.2. The number of nitrogens with zero attached hydrogens (tertiary/aromatic N) is 6. The van der Waals surface area contributed by atoms with E-state index in [0.29, 0.717) is 54.7 Å². The van der Waals surface area contributed by atoms with Crippen molar-refractivity contribution in [3.63, 3.8) is 0 Å². The van der Waals surface area contributed by atoms with Crippen LogP contribution >= 0.6 is 0 Å². The minimum Gasteiger partial charge on any atom is -0.459 e. The largest absolute Gasteiger partial charge is 0.459 e. The van der Waals surface area contributed by atoms with Crippen molar-refractivity contribution in [3.8, 4) is 17.7 Å². The van der Waals surface area contributed by atoms with Crippen LogP contribution in [0.15, 0.2) is 51.5 Å². The normalized spacial score (nSPS) is 16.0. The van der Waals surface area contributed by atoms with Gasteiger partial charge in [-0.05, 0) is 31.2 Å². The van der Waals surface area contributed by atoms with Crippen LogP contribution in [0.1, 0.15) is 31.0 Å². The molecule has 1 unspecified atom stereocenters. The quantitative estimate of drug-likeness (QED) is 0.455. The van der Waals surface area contributed by atoms with Gasteiger partial charge in [-0.3, -0.25) is 9.47 Å². The van der Waals surface area contributed by atoms with Crippen molar-refractivity contribution in [2.75, 3.05) is 31.1 Å². The van der Waals surface area contributed by atoms with Gasteiger partial charge in [0.15, 0.2) is 5.76 Å². The van der Waals surface area contributed by atoms with E-state index >= 15 is 0 Å². The van der Waals surface area contributed by atoms with E-state index < -0.39 is 6.55 Å². The summed E-state index contributed by atoms with van der Waals surface area (Å²) in [5.41, 5.74) is 1.17. The molecule has 0 radical (unpaired) electrons. The molecule has 4 heterocycles. The Hall–Kier alpha value is -3.71. The van der Waals surface area contributed by atoms with Crippen molar-refractivity contribution in [3.05, 3.63) is 54.2 Å². The van der Waals surface area contributed by atoms with Crippen molar-refractivity contribution in [2.45, 2.75) is 19.5 Å². The number of para-hydroxylation sites is 2. The van der Waals surface area contributed by atoms with Crippen LogP contribution in [0, 0.1) is 11.3 Å². The molecule has 10 heteroatoms. The first kappa shape index (κ1) is 20.2. The highest BCUT2D eigenvalue weighted by Gasteiger charge is 2.30. The van der Waals surface area contributed by atoms with Gasteiger partial charge in [0.05, 0.1) is 23.3 Å². The summed E-state index contributed by atoms with van der Waals surface area (Å²) in [4.78, 5) is 12.8. The number of fused-ring (bicyclic) bond motifs is 1. The molecule has 0 N–H and O–H groups in total. The molecule has 1 fully saturated rings. The number of halogens is 2. The smallest absolute Gasteiger partial charge is 0.320 e. The molecule has 4 aromatic rings. The van der Waals surface area contributed by atoms with Crippen LogP contribution in [-0.2, 0) is 0 Å². The highest BCUT2D eigenvalue weighted by molar-refractivity contribution is 5.76. The summed E-state index contributed by atoms with van der Waals surface area (Å²) in [7, 11) is 0. The van der Waals surface area contributed by atoms with Crippen LogP contribution in [0.25, 0.3) is 22.7 Å². The van der Waals surface area contributed by atoms with Gasteiger partial charge < -0.3 is 13.7 Å². The van der Waals surface area contributed by atoms with E-state index in [-0.39, 0.29) is 17.6 Å². The predicted molar refractivity (Wildman–Crippen MR) is 112 cm³/mol. The maximum atomic E-state index is 13.8. The van der Waals surface area contributed by atoms with Crippen LogP contribution in [0.3, 0.4) is 0 Å². The lowest BCUT2D eigenvalue weighted by Crippen LogP contribution is -2.47. The lowest BCUT2D eigenvalue weighted by molar-refractivity contribution is 0.0640. The van der Waals surface area contributed by atoms with Gasteiger partial charge in [0.1, 0.15) is 11.9 Å². The summed E-state index contributed by atoms with van der Waals surface area (Å²) in [6.07, 6.45) is 1.51. The topological polar surface area (TPSA) is 87.3 Å². The number of benzene rings is 1. The molecule has 5 rings (SSSR count). The maximum absolute atomic E-state index is 13.8. The zero-order valence-electron chi connectivity index (χ0n) is 17.3. The average molecular weight is 438 g/mol.